The van der Waals surface area contributed by atoms with E-state index in [-0.39, 0.29) is 25.2 Å². The molecule has 1 aliphatic rings. The summed E-state index contributed by atoms with van der Waals surface area (Å²) in [5, 5.41) is 23.7. The fraction of sp³-hybridized carbons (Fsp3) is 0.385. The molecule has 33 heavy (non-hydrogen) atoms. The van der Waals surface area contributed by atoms with Crippen LogP contribution in [0.5, 0.6) is 11.5 Å². The van der Waals surface area contributed by atoms with Crippen molar-refractivity contribution in [1.29, 1.82) is 5.26 Å². The number of guanidine groups is 1. The lowest BCUT2D eigenvalue weighted by atomic mass is 9.98. The molecule has 1 fully saturated rings. The Balaban J connectivity index is 1.87. The van der Waals surface area contributed by atoms with E-state index in [2.05, 4.69) is 27.5 Å². The van der Waals surface area contributed by atoms with E-state index >= 15 is 0 Å². The Labute approximate surface area is 195 Å². The second-order valence-electron chi connectivity index (χ2n) is 7.69. The molecule has 0 aliphatic heterocycles. The third-order valence-corrected chi connectivity index (χ3v) is 5.37. The number of aliphatic imine (C=N–C) groups is 1. The first-order valence-electron chi connectivity index (χ1n) is 11.2. The summed E-state index contributed by atoms with van der Waals surface area (Å²) in [6.07, 6.45) is 6.54. The zero-order chi connectivity index (χ0) is 23.3. The molecule has 0 bridgehead atoms. The van der Waals surface area contributed by atoms with E-state index in [4.69, 9.17) is 19.8 Å². The van der Waals surface area contributed by atoms with Crippen molar-refractivity contribution in [2.75, 3.05) is 26.8 Å². The average Bonchev–Trinajstić information content (AvgIpc) is 3.36. The fourth-order valence-electron chi connectivity index (χ4n) is 3.69. The number of aliphatic hydroxyl groups excluding tert-OH is 1. The molecule has 7 heteroatoms. The molecule has 2 aromatic carbocycles. The molecule has 1 unspecified atom stereocenters. The molecular formula is C26H30N4O3. The van der Waals surface area contributed by atoms with E-state index in [1.807, 2.05) is 54.7 Å². The monoisotopic (exact) mass is 446 g/mol. The van der Waals surface area contributed by atoms with Crippen LogP contribution in [0.3, 0.4) is 0 Å². The number of benzene rings is 2. The molecule has 3 rings (SSSR count). The number of nitrogens with one attached hydrogen (secondary N) is 2. The lowest BCUT2D eigenvalue weighted by Crippen LogP contribution is -2.37. The molecular weight excluding hydrogens is 416 g/mol. The van der Waals surface area contributed by atoms with E-state index in [0.717, 1.165) is 29.7 Å². The van der Waals surface area contributed by atoms with Crippen molar-refractivity contribution in [2.24, 2.45) is 4.99 Å². The summed E-state index contributed by atoms with van der Waals surface area (Å²) in [5.41, 5.74) is 1.89. The van der Waals surface area contributed by atoms with Gasteiger partial charge in [-0.25, -0.2) is 0 Å². The molecule has 1 saturated carbocycles. The van der Waals surface area contributed by atoms with Gasteiger partial charge in [0.1, 0.15) is 0 Å². The van der Waals surface area contributed by atoms with Gasteiger partial charge in [-0.1, -0.05) is 36.1 Å². The number of aliphatic hydroxyl groups is 1. The van der Waals surface area contributed by atoms with Gasteiger partial charge in [-0.3, -0.25) is 10.3 Å². The Hall–Kier alpha value is -3.68. The van der Waals surface area contributed by atoms with Crippen molar-refractivity contribution in [3.8, 4) is 29.5 Å². The van der Waals surface area contributed by atoms with Crippen molar-refractivity contribution < 1.29 is 14.6 Å². The highest BCUT2D eigenvalue weighted by molar-refractivity contribution is 5.81. The first-order valence-corrected chi connectivity index (χ1v) is 11.2. The summed E-state index contributed by atoms with van der Waals surface area (Å²) in [4.78, 5) is 4.16. The van der Waals surface area contributed by atoms with Crippen molar-refractivity contribution in [3.63, 3.8) is 0 Å². The van der Waals surface area contributed by atoms with Crippen LogP contribution >= 0.6 is 0 Å². The maximum absolute atomic E-state index is 9.05. The molecule has 7 nitrogen and oxygen atoms in total. The standard InChI is InChI=1S/C26H30N4O3/c1-32-24-14-13-21(17-25(24)33-23-9-5-6-10-23)22(12-11-20-7-3-2-4-8-20)18-29-26(30-19-27)28-15-16-31/h2-4,7-8,13-14,17,22-23,31H,5-6,9-10,15-16,18H2,1H3,(H2,28,29,30). The summed E-state index contributed by atoms with van der Waals surface area (Å²) < 4.78 is 11.8. The Morgan fingerprint density at radius 2 is 1.97 bits per heavy atom. The van der Waals surface area contributed by atoms with Crippen LogP contribution in [0.25, 0.3) is 0 Å². The maximum atomic E-state index is 9.05. The Morgan fingerprint density at radius 3 is 2.67 bits per heavy atom. The van der Waals surface area contributed by atoms with Gasteiger partial charge in [-0.05, 0) is 55.5 Å². The van der Waals surface area contributed by atoms with Crippen molar-refractivity contribution in [3.05, 3.63) is 59.7 Å². The molecule has 0 heterocycles. The SMILES string of the molecule is COc1ccc(C(C#Cc2ccccc2)CN/C(=N/CCO)NC#N)cc1OC1CCCC1. The molecule has 0 saturated heterocycles. The quantitative estimate of drug-likeness (QED) is 0.189. The Bertz CT molecular complexity index is 1020. The fourth-order valence-corrected chi connectivity index (χ4v) is 3.69. The Kier molecular flexibility index (Phi) is 9.45. The number of rotatable bonds is 8. The minimum Gasteiger partial charge on any atom is -0.493 e. The summed E-state index contributed by atoms with van der Waals surface area (Å²) in [6.45, 7) is 0.503. The highest BCUT2D eigenvalue weighted by atomic mass is 16.5. The first-order chi connectivity index (χ1) is 16.2. The average molecular weight is 447 g/mol. The van der Waals surface area contributed by atoms with Crippen LogP contribution in [0.1, 0.15) is 42.7 Å². The summed E-state index contributed by atoms with van der Waals surface area (Å²) in [7, 11) is 1.64. The topological polar surface area (TPSA) is 98.9 Å². The van der Waals surface area contributed by atoms with Crippen LogP contribution in [-0.2, 0) is 0 Å². The summed E-state index contributed by atoms with van der Waals surface area (Å²) in [6, 6.07) is 15.7. The van der Waals surface area contributed by atoms with Gasteiger partial charge in [0.2, 0.25) is 5.96 Å². The summed E-state index contributed by atoms with van der Waals surface area (Å²) in [5.74, 6) is 8.09. The minimum atomic E-state index is -0.207. The second-order valence-corrected chi connectivity index (χ2v) is 7.69. The van der Waals surface area contributed by atoms with Crippen molar-refractivity contribution in [1.82, 2.24) is 10.6 Å². The third-order valence-electron chi connectivity index (χ3n) is 5.37. The molecule has 172 valence electrons. The van der Waals surface area contributed by atoms with Crippen LogP contribution in [0.4, 0.5) is 0 Å². The molecule has 1 atom stereocenters. The highest BCUT2D eigenvalue weighted by Gasteiger charge is 2.20. The van der Waals surface area contributed by atoms with E-state index in [9.17, 15) is 0 Å². The molecule has 0 radical (unpaired) electrons. The van der Waals surface area contributed by atoms with Crippen LogP contribution in [0.15, 0.2) is 53.5 Å². The number of nitrogens with zero attached hydrogens (tertiary/aromatic N) is 2. The molecule has 0 aromatic heterocycles. The van der Waals surface area contributed by atoms with Gasteiger partial charge in [0, 0.05) is 12.1 Å². The summed E-state index contributed by atoms with van der Waals surface area (Å²) >= 11 is 0. The van der Waals surface area contributed by atoms with Gasteiger partial charge < -0.3 is 19.9 Å². The smallest absolute Gasteiger partial charge is 0.204 e. The van der Waals surface area contributed by atoms with Crippen molar-refractivity contribution in [2.45, 2.75) is 37.7 Å². The predicted octanol–water partition coefficient (Wildman–Crippen LogP) is 3.16. The largest absolute Gasteiger partial charge is 0.493 e. The van der Waals surface area contributed by atoms with Crippen LogP contribution < -0.4 is 20.1 Å². The molecule has 1 aliphatic carbocycles. The molecule has 0 spiro atoms. The molecule has 0 amide bonds. The third kappa shape index (κ3) is 7.45. The number of hydrogen-bond donors (Lipinski definition) is 3. The van der Waals surface area contributed by atoms with E-state index in [1.54, 1.807) is 7.11 Å². The van der Waals surface area contributed by atoms with Crippen LogP contribution in [0, 0.1) is 23.3 Å². The zero-order valence-electron chi connectivity index (χ0n) is 18.9. The van der Waals surface area contributed by atoms with E-state index < -0.39 is 0 Å². The maximum Gasteiger partial charge on any atom is 0.204 e. The number of methoxy groups -OCH3 is 1. The number of nitriles is 1. The Morgan fingerprint density at radius 1 is 1.18 bits per heavy atom. The predicted molar refractivity (Wildman–Crippen MR) is 128 cm³/mol. The van der Waals surface area contributed by atoms with Gasteiger partial charge in [-0.2, -0.15) is 5.26 Å². The normalized spacial score (nSPS) is 14.5. The van der Waals surface area contributed by atoms with Crippen LogP contribution in [-0.4, -0.2) is 44.0 Å². The lowest BCUT2D eigenvalue weighted by molar-refractivity contribution is 0.200. The number of ether oxygens (including phenoxy) is 2. The van der Waals surface area contributed by atoms with Gasteiger partial charge in [0.05, 0.1) is 32.3 Å². The van der Waals surface area contributed by atoms with Gasteiger partial charge in [0.25, 0.3) is 0 Å². The first kappa shape index (κ1) is 24.0. The van der Waals surface area contributed by atoms with Crippen LogP contribution in [0.2, 0.25) is 0 Å². The zero-order valence-corrected chi connectivity index (χ0v) is 18.9. The minimum absolute atomic E-state index is 0.101. The van der Waals surface area contributed by atoms with Gasteiger partial charge >= 0.3 is 0 Å². The van der Waals surface area contributed by atoms with E-state index in [0.29, 0.717) is 18.3 Å². The van der Waals surface area contributed by atoms with Gasteiger partial charge in [0.15, 0.2) is 17.7 Å². The number of hydrogen-bond acceptors (Lipinski definition) is 5. The second kappa shape index (κ2) is 13.0. The van der Waals surface area contributed by atoms with Gasteiger partial charge in [-0.15, -0.1) is 0 Å². The highest BCUT2D eigenvalue weighted by Crippen LogP contribution is 2.34. The molecule has 3 N–H and O–H groups in total. The molecule has 2 aromatic rings. The van der Waals surface area contributed by atoms with Crippen molar-refractivity contribution >= 4 is 5.96 Å². The lowest BCUT2D eigenvalue weighted by Gasteiger charge is -2.19. The van der Waals surface area contributed by atoms with E-state index in [1.165, 1.54) is 12.8 Å².